The molecule has 2 amide bonds. The van der Waals surface area contributed by atoms with Gasteiger partial charge in [0.2, 0.25) is 11.8 Å². The fourth-order valence-electron chi connectivity index (χ4n) is 4.48. The van der Waals surface area contributed by atoms with Crippen molar-refractivity contribution < 1.29 is 9.59 Å². The molecule has 2 fully saturated rings. The van der Waals surface area contributed by atoms with Gasteiger partial charge in [-0.3, -0.25) is 14.5 Å². The van der Waals surface area contributed by atoms with Crippen molar-refractivity contribution in [2.75, 3.05) is 63.8 Å². The van der Waals surface area contributed by atoms with Crippen LogP contribution in [-0.2, 0) is 9.59 Å². The minimum atomic E-state index is 0.236. The van der Waals surface area contributed by atoms with Crippen molar-refractivity contribution in [1.29, 1.82) is 0 Å². The number of carbonyl (C=O) groups is 2. The van der Waals surface area contributed by atoms with Crippen LogP contribution in [0.3, 0.4) is 0 Å². The van der Waals surface area contributed by atoms with Crippen LogP contribution in [0.5, 0.6) is 0 Å². The quantitative estimate of drug-likeness (QED) is 0.651. The van der Waals surface area contributed by atoms with Crippen LogP contribution in [0.4, 0.5) is 5.82 Å². The second kappa shape index (κ2) is 11.3. The smallest absolute Gasteiger partial charge is 0.236 e. The van der Waals surface area contributed by atoms with Gasteiger partial charge in [-0.2, -0.15) is 0 Å². The van der Waals surface area contributed by atoms with Crippen LogP contribution in [0, 0.1) is 5.92 Å². The van der Waals surface area contributed by atoms with E-state index in [1.165, 1.54) is 0 Å². The van der Waals surface area contributed by atoms with Crippen LogP contribution in [0.15, 0.2) is 24.4 Å². The number of piperidine rings is 1. The Balaban J connectivity index is 1.40. The first kappa shape index (κ1) is 22.5. The Morgan fingerprint density at radius 2 is 1.80 bits per heavy atom. The van der Waals surface area contributed by atoms with Gasteiger partial charge in [-0.25, -0.2) is 4.98 Å². The minimum absolute atomic E-state index is 0.236. The summed E-state index contributed by atoms with van der Waals surface area (Å²) in [6, 6.07) is 5.95. The Morgan fingerprint density at radius 3 is 2.47 bits per heavy atom. The number of likely N-dealkylation sites (tertiary alicyclic amines) is 1. The predicted molar refractivity (Wildman–Crippen MR) is 119 cm³/mol. The zero-order valence-electron chi connectivity index (χ0n) is 18.6. The van der Waals surface area contributed by atoms with Gasteiger partial charge in [0.1, 0.15) is 5.82 Å². The van der Waals surface area contributed by atoms with Gasteiger partial charge in [0, 0.05) is 51.9 Å². The molecular weight excluding hydrogens is 378 g/mol. The maximum Gasteiger partial charge on any atom is 0.236 e. The summed E-state index contributed by atoms with van der Waals surface area (Å²) in [5.41, 5.74) is 0. The molecule has 1 aromatic rings. The largest absolute Gasteiger partial charge is 0.353 e. The third-order valence-corrected chi connectivity index (χ3v) is 6.50. The molecule has 0 aliphatic carbocycles. The molecule has 1 atom stereocenters. The molecular formula is C23H37N5O2. The highest BCUT2D eigenvalue weighted by atomic mass is 16.2. The van der Waals surface area contributed by atoms with E-state index in [1.54, 1.807) is 0 Å². The van der Waals surface area contributed by atoms with Crippen molar-refractivity contribution in [2.45, 2.75) is 39.5 Å². The first-order valence-electron chi connectivity index (χ1n) is 11.5. The van der Waals surface area contributed by atoms with Gasteiger partial charge in [-0.05, 0) is 50.4 Å². The zero-order chi connectivity index (χ0) is 21.3. The average molecular weight is 416 g/mol. The second-order valence-corrected chi connectivity index (χ2v) is 8.40. The SMILES string of the molecule is CCN(CC)CC(=O)N1CCC[C@H](CCC(=O)N2CCN(c3ccccn3)CC2)C1. The third kappa shape index (κ3) is 6.17. The highest BCUT2D eigenvalue weighted by molar-refractivity contribution is 5.78. The Bertz CT molecular complexity index is 671. The molecule has 0 spiro atoms. The summed E-state index contributed by atoms with van der Waals surface area (Å²) in [7, 11) is 0. The van der Waals surface area contributed by atoms with Crippen LogP contribution < -0.4 is 4.90 Å². The lowest BCUT2D eigenvalue weighted by atomic mass is 9.93. The van der Waals surface area contributed by atoms with Crippen LogP contribution in [0.2, 0.25) is 0 Å². The molecule has 0 saturated carbocycles. The highest BCUT2D eigenvalue weighted by Gasteiger charge is 2.26. The normalized spacial score (nSPS) is 20.0. The summed E-state index contributed by atoms with van der Waals surface area (Å²) >= 11 is 0. The summed E-state index contributed by atoms with van der Waals surface area (Å²) in [6.45, 7) is 11.4. The predicted octanol–water partition coefficient (Wildman–Crippen LogP) is 2.09. The number of hydrogen-bond acceptors (Lipinski definition) is 5. The van der Waals surface area contributed by atoms with Crippen molar-refractivity contribution in [3.05, 3.63) is 24.4 Å². The summed E-state index contributed by atoms with van der Waals surface area (Å²) in [5, 5.41) is 0. The third-order valence-electron chi connectivity index (χ3n) is 6.50. The van der Waals surface area contributed by atoms with E-state index in [1.807, 2.05) is 34.2 Å². The molecule has 2 saturated heterocycles. The number of piperazine rings is 1. The van der Waals surface area contributed by atoms with Gasteiger partial charge >= 0.3 is 0 Å². The lowest BCUT2D eigenvalue weighted by molar-refractivity contribution is -0.134. The van der Waals surface area contributed by atoms with Gasteiger partial charge in [0.15, 0.2) is 0 Å². The molecule has 0 N–H and O–H groups in total. The van der Waals surface area contributed by atoms with Crippen molar-refractivity contribution in [3.8, 4) is 0 Å². The maximum absolute atomic E-state index is 12.7. The van der Waals surface area contributed by atoms with Gasteiger partial charge in [0.25, 0.3) is 0 Å². The molecule has 2 aliphatic heterocycles. The molecule has 7 heteroatoms. The van der Waals surface area contributed by atoms with Crippen LogP contribution >= 0.6 is 0 Å². The molecule has 0 unspecified atom stereocenters. The number of pyridine rings is 1. The Labute approximate surface area is 181 Å². The molecule has 7 nitrogen and oxygen atoms in total. The van der Waals surface area contributed by atoms with Crippen LogP contribution in [0.25, 0.3) is 0 Å². The maximum atomic E-state index is 12.7. The molecule has 0 aromatic carbocycles. The average Bonchev–Trinajstić information content (AvgIpc) is 2.81. The van der Waals surface area contributed by atoms with Crippen LogP contribution in [0.1, 0.15) is 39.5 Å². The fraction of sp³-hybridized carbons (Fsp3) is 0.696. The van der Waals surface area contributed by atoms with Crippen molar-refractivity contribution in [1.82, 2.24) is 19.7 Å². The van der Waals surface area contributed by atoms with Crippen molar-refractivity contribution >= 4 is 17.6 Å². The summed E-state index contributed by atoms with van der Waals surface area (Å²) < 4.78 is 0. The van der Waals surface area contributed by atoms with E-state index < -0.39 is 0 Å². The van der Waals surface area contributed by atoms with E-state index in [0.29, 0.717) is 18.9 Å². The molecule has 0 bridgehead atoms. The molecule has 3 rings (SSSR count). The van der Waals surface area contributed by atoms with E-state index in [0.717, 1.165) is 77.4 Å². The van der Waals surface area contributed by atoms with Crippen molar-refractivity contribution in [2.24, 2.45) is 5.92 Å². The first-order chi connectivity index (χ1) is 14.6. The number of aromatic nitrogens is 1. The Kier molecular flexibility index (Phi) is 8.49. The lowest BCUT2D eigenvalue weighted by Gasteiger charge is -2.36. The van der Waals surface area contributed by atoms with Crippen molar-refractivity contribution in [3.63, 3.8) is 0 Å². The molecule has 0 radical (unpaired) electrons. The number of anilines is 1. The van der Waals surface area contributed by atoms with E-state index in [4.69, 9.17) is 0 Å². The van der Waals surface area contributed by atoms with Gasteiger partial charge in [-0.1, -0.05) is 19.9 Å². The topological polar surface area (TPSA) is 60.0 Å². The number of hydrogen-bond donors (Lipinski definition) is 0. The van der Waals surface area contributed by atoms with E-state index >= 15 is 0 Å². The van der Waals surface area contributed by atoms with Crippen LogP contribution in [-0.4, -0.2) is 90.4 Å². The zero-order valence-corrected chi connectivity index (χ0v) is 18.6. The summed E-state index contributed by atoms with van der Waals surface area (Å²) in [6.07, 6.45) is 5.45. The monoisotopic (exact) mass is 415 g/mol. The van der Waals surface area contributed by atoms with E-state index in [-0.39, 0.29) is 11.8 Å². The van der Waals surface area contributed by atoms with Gasteiger partial charge in [0.05, 0.1) is 6.54 Å². The number of amides is 2. The molecule has 3 heterocycles. The summed E-state index contributed by atoms with van der Waals surface area (Å²) in [4.78, 5) is 38.2. The molecule has 30 heavy (non-hydrogen) atoms. The number of rotatable bonds is 8. The minimum Gasteiger partial charge on any atom is -0.353 e. The van der Waals surface area contributed by atoms with E-state index in [2.05, 4.69) is 28.6 Å². The highest BCUT2D eigenvalue weighted by Crippen LogP contribution is 2.22. The lowest BCUT2D eigenvalue weighted by Crippen LogP contribution is -2.49. The molecule has 2 aliphatic rings. The van der Waals surface area contributed by atoms with E-state index in [9.17, 15) is 9.59 Å². The standard InChI is InChI=1S/C23H37N5O2/c1-3-25(4-2)19-23(30)28-13-7-8-20(18-28)10-11-22(29)27-16-14-26(15-17-27)21-9-5-6-12-24-21/h5-6,9,12,20H,3-4,7-8,10-11,13-19H2,1-2H3/t20-/m1/s1. The number of carbonyl (C=O) groups excluding carboxylic acids is 2. The fourth-order valence-corrected chi connectivity index (χ4v) is 4.48. The first-order valence-corrected chi connectivity index (χ1v) is 11.5. The number of nitrogens with zero attached hydrogens (tertiary/aromatic N) is 5. The molecule has 1 aromatic heterocycles. The molecule has 166 valence electrons. The van der Waals surface area contributed by atoms with Gasteiger partial charge in [-0.15, -0.1) is 0 Å². The Morgan fingerprint density at radius 1 is 1.03 bits per heavy atom. The Hall–Kier alpha value is -2.15. The second-order valence-electron chi connectivity index (χ2n) is 8.40. The summed E-state index contributed by atoms with van der Waals surface area (Å²) in [5.74, 6) is 1.92. The van der Waals surface area contributed by atoms with Gasteiger partial charge < -0.3 is 14.7 Å². The number of likely N-dealkylation sites (N-methyl/N-ethyl adjacent to an activating group) is 1.